The molecule has 4 nitrogen and oxygen atoms in total. The Bertz CT molecular complexity index is 937. The number of rotatable bonds is 9. The molecule has 1 heterocycles. The van der Waals surface area contributed by atoms with E-state index in [0.29, 0.717) is 5.92 Å². The standard InChI is InChI=1S/C25H28N2O2S/c1-3-18(2)20-11-13-21(14-12-20)25(22-10-7-15-30-22)27-24(29)17-26-23(28)16-19-8-5-4-6-9-19/h4-15,18,25H,3,16-17H2,1-2H3,(H,26,28)(H,27,29). The van der Waals surface area contributed by atoms with E-state index < -0.39 is 0 Å². The Hall–Kier alpha value is -2.92. The molecule has 0 bridgehead atoms. The Balaban J connectivity index is 1.62. The molecule has 2 aromatic carbocycles. The molecule has 2 atom stereocenters. The summed E-state index contributed by atoms with van der Waals surface area (Å²) in [5.74, 6) is 0.136. The van der Waals surface area contributed by atoms with E-state index in [1.807, 2.05) is 47.8 Å². The molecule has 1 aromatic heterocycles. The second kappa shape index (κ2) is 10.7. The molecule has 0 saturated heterocycles. The molecule has 5 heteroatoms. The van der Waals surface area contributed by atoms with Crippen LogP contribution in [-0.2, 0) is 16.0 Å². The largest absolute Gasteiger partial charge is 0.347 e. The van der Waals surface area contributed by atoms with Crippen molar-refractivity contribution in [1.82, 2.24) is 10.6 Å². The molecule has 156 valence electrons. The normalized spacial score (nSPS) is 12.7. The number of thiophene rings is 1. The minimum absolute atomic E-state index is 0.0432. The highest BCUT2D eigenvalue weighted by molar-refractivity contribution is 7.10. The monoisotopic (exact) mass is 420 g/mol. The van der Waals surface area contributed by atoms with Crippen molar-refractivity contribution in [2.75, 3.05) is 6.54 Å². The van der Waals surface area contributed by atoms with Crippen LogP contribution < -0.4 is 10.6 Å². The smallest absolute Gasteiger partial charge is 0.240 e. The molecule has 3 aromatic rings. The first-order valence-electron chi connectivity index (χ1n) is 10.3. The number of benzene rings is 2. The van der Waals surface area contributed by atoms with Crippen molar-refractivity contribution < 1.29 is 9.59 Å². The highest BCUT2D eigenvalue weighted by Gasteiger charge is 2.18. The summed E-state index contributed by atoms with van der Waals surface area (Å²) in [6.07, 6.45) is 1.35. The summed E-state index contributed by atoms with van der Waals surface area (Å²) in [7, 11) is 0. The van der Waals surface area contributed by atoms with Crippen LogP contribution in [0, 0.1) is 0 Å². The first kappa shape index (κ1) is 21.8. The van der Waals surface area contributed by atoms with Crippen LogP contribution in [0.5, 0.6) is 0 Å². The molecule has 0 fully saturated rings. The van der Waals surface area contributed by atoms with Gasteiger partial charge in [0.1, 0.15) is 0 Å². The van der Waals surface area contributed by atoms with Gasteiger partial charge >= 0.3 is 0 Å². The van der Waals surface area contributed by atoms with Crippen LogP contribution in [0.2, 0.25) is 0 Å². The average molecular weight is 421 g/mol. The number of carbonyl (C=O) groups is 2. The third-order valence-corrected chi connectivity index (χ3v) is 6.18. The summed E-state index contributed by atoms with van der Waals surface area (Å²) < 4.78 is 0. The zero-order valence-electron chi connectivity index (χ0n) is 17.4. The Morgan fingerprint density at radius 1 is 0.900 bits per heavy atom. The summed E-state index contributed by atoms with van der Waals surface area (Å²) in [6.45, 7) is 4.35. The molecule has 0 saturated carbocycles. The minimum atomic E-state index is -0.227. The molecule has 0 aliphatic carbocycles. The van der Waals surface area contributed by atoms with Crippen molar-refractivity contribution in [3.05, 3.63) is 93.7 Å². The Morgan fingerprint density at radius 2 is 1.60 bits per heavy atom. The minimum Gasteiger partial charge on any atom is -0.347 e. The maximum absolute atomic E-state index is 12.6. The second-order valence-electron chi connectivity index (χ2n) is 7.43. The van der Waals surface area contributed by atoms with Gasteiger partial charge in [0.2, 0.25) is 11.8 Å². The molecular weight excluding hydrogens is 392 g/mol. The lowest BCUT2D eigenvalue weighted by atomic mass is 9.95. The van der Waals surface area contributed by atoms with Crippen molar-refractivity contribution in [3.63, 3.8) is 0 Å². The van der Waals surface area contributed by atoms with Crippen LogP contribution in [0.25, 0.3) is 0 Å². The van der Waals surface area contributed by atoms with Crippen LogP contribution in [-0.4, -0.2) is 18.4 Å². The predicted octanol–water partition coefficient (Wildman–Crippen LogP) is 4.83. The fourth-order valence-corrected chi connectivity index (χ4v) is 4.06. The lowest BCUT2D eigenvalue weighted by molar-refractivity contribution is -0.126. The first-order valence-corrected chi connectivity index (χ1v) is 11.2. The molecule has 0 radical (unpaired) electrons. The van der Waals surface area contributed by atoms with Crippen molar-refractivity contribution in [1.29, 1.82) is 0 Å². The van der Waals surface area contributed by atoms with E-state index in [1.165, 1.54) is 5.56 Å². The molecule has 2 amide bonds. The van der Waals surface area contributed by atoms with Gasteiger partial charge in [0.25, 0.3) is 0 Å². The van der Waals surface area contributed by atoms with Crippen molar-refractivity contribution in [2.45, 2.75) is 38.6 Å². The Labute approximate surface area is 182 Å². The number of amides is 2. The zero-order valence-corrected chi connectivity index (χ0v) is 18.2. The van der Waals surface area contributed by atoms with Crippen LogP contribution in [0.15, 0.2) is 72.1 Å². The van der Waals surface area contributed by atoms with Gasteiger partial charge < -0.3 is 10.6 Å². The van der Waals surface area contributed by atoms with Crippen molar-refractivity contribution in [3.8, 4) is 0 Å². The number of nitrogens with one attached hydrogen (secondary N) is 2. The van der Waals surface area contributed by atoms with Crippen LogP contribution in [0.4, 0.5) is 0 Å². The topological polar surface area (TPSA) is 58.2 Å². The average Bonchev–Trinajstić information content (AvgIpc) is 3.31. The van der Waals surface area contributed by atoms with Crippen LogP contribution in [0.1, 0.15) is 53.8 Å². The highest BCUT2D eigenvalue weighted by atomic mass is 32.1. The van der Waals surface area contributed by atoms with Gasteiger partial charge in [-0.1, -0.05) is 74.5 Å². The maximum atomic E-state index is 12.6. The van der Waals surface area contributed by atoms with E-state index in [4.69, 9.17) is 0 Å². The van der Waals surface area contributed by atoms with Gasteiger partial charge in [0.05, 0.1) is 19.0 Å². The first-order chi connectivity index (χ1) is 14.6. The van der Waals surface area contributed by atoms with Gasteiger partial charge in [0.15, 0.2) is 0 Å². The number of hydrogen-bond acceptors (Lipinski definition) is 3. The number of hydrogen-bond donors (Lipinski definition) is 2. The quantitative estimate of drug-likeness (QED) is 0.521. The van der Waals surface area contributed by atoms with Crippen molar-refractivity contribution >= 4 is 23.2 Å². The van der Waals surface area contributed by atoms with E-state index in [2.05, 4.69) is 48.7 Å². The summed E-state index contributed by atoms with van der Waals surface area (Å²) in [6, 6.07) is 21.7. The van der Waals surface area contributed by atoms with Crippen molar-refractivity contribution in [2.24, 2.45) is 0 Å². The van der Waals surface area contributed by atoms with E-state index >= 15 is 0 Å². The van der Waals surface area contributed by atoms with Crippen LogP contribution in [0.3, 0.4) is 0 Å². The van der Waals surface area contributed by atoms with E-state index in [-0.39, 0.29) is 30.8 Å². The van der Waals surface area contributed by atoms with Gasteiger partial charge in [-0.2, -0.15) is 0 Å². The molecule has 3 rings (SSSR count). The lowest BCUT2D eigenvalue weighted by Crippen LogP contribution is -2.39. The van der Waals surface area contributed by atoms with Gasteiger partial charge in [-0.05, 0) is 40.5 Å². The Morgan fingerprint density at radius 3 is 2.23 bits per heavy atom. The summed E-state index contributed by atoms with van der Waals surface area (Å²) >= 11 is 1.61. The lowest BCUT2D eigenvalue weighted by Gasteiger charge is -2.19. The van der Waals surface area contributed by atoms with Gasteiger partial charge in [-0.15, -0.1) is 11.3 Å². The second-order valence-corrected chi connectivity index (χ2v) is 8.41. The van der Waals surface area contributed by atoms with Crippen LogP contribution >= 0.6 is 11.3 Å². The highest BCUT2D eigenvalue weighted by Crippen LogP contribution is 2.28. The van der Waals surface area contributed by atoms with E-state index in [1.54, 1.807) is 11.3 Å². The van der Waals surface area contributed by atoms with E-state index in [0.717, 1.165) is 22.4 Å². The summed E-state index contributed by atoms with van der Waals surface area (Å²) in [5.41, 5.74) is 3.26. The maximum Gasteiger partial charge on any atom is 0.240 e. The fourth-order valence-electron chi connectivity index (χ4n) is 3.26. The molecule has 30 heavy (non-hydrogen) atoms. The summed E-state index contributed by atoms with van der Waals surface area (Å²) in [4.78, 5) is 25.8. The van der Waals surface area contributed by atoms with Gasteiger partial charge in [-0.3, -0.25) is 9.59 Å². The summed E-state index contributed by atoms with van der Waals surface area (Å²) in [5, 5.41) is 7.80. The van der Waals surface area contributed by atoms with E-state index in [9.17, 15) is 9.59 Å². The van der Waals surface area contributed by atoms with Gasteiger partial charge in [0, 0.05) is 4.88 Å². The molecule has 0 aliphatic heterocycles. The fraction of sp³-hybridized carbons (Fsp3) is 0.280. The molecule has 0 aliphatic rings. The molecular formula is C25H28N2O2S. The Kier molecular flexibility index (Phi) is 7.80. The predicted molar refractivity (Wildman–Crippen MR) is 123 cm³/mol. The SMILES string of the molecule is CCC(C)c1ccc(C(NC(=O)CNC(=O)Cc2ccccc2)c2cccs2)cc1. The number of carbonyl (C=O) groups excluding carboxylic acids is 2. The third-order valence-electron chi connectivity index (χ3n) is 5.24. The molecule has 2 unspecified atom stereocenters. The molecule has 0 spiro atoms. The third kappa shape index (κ3) is 6.04. The van der Waals surface area contributed by atoms with Gasteiger partial charge in [-0.25, -0.2) is 0 Å². The molecule has 2 N–H and O–H groups in total. The zero-order chi connectivity index (χ0) is 21.3.